The number of hydrogen-bond acceptors (Lipinski definition) is 3. The first-order valence-corrected chi connectivity index (χ1v) is 7.56. The molecule has 1 rings (SSSR count). The van der Waals surface area contributed by atoms with Crippen molar-refractivity contribution in [2.75, 3.05) is 32.7 Å². The molecule has 108 valence electrons. The molecule has 0 spiro atoms. The molecule has 0 saturated carbocycles. The Kier molecular flexibility index (Phi) is 6.09. The van der Waals surface area contributed by atoms with Crippen LogP contribution in [0.4, 0.5) is 0 Å². The number of piperidine rings is 1. The molecule has 1 saturated heterocycles. The second-order valence-corrected chi connectivity index (χ2v) is 6.61. The summed E-state index contributed by atoms with van der Waals surface area (Å²) in [6.45, 7) is 14.2. The van der Waals surface area contributed by atoms with Gasteiger partial charge in [0.05, 0.1) is 5.60 Å². The van der Waals surface area contributed by atoms with Crippen molar-refractivity contribution in [3.05, 3.63) is 0 Å². The highest BCUT2D eigenvalue weighted by atomic mass is 16.3. The van der Waals surface area contributed by atoms with Gasteiger partial charge in [-0.2, -0.15) is 0 Å². The van der Waals surface area contributed by atoms with Crippen molar-refractivity contribution >= 4 is 0 Å². The van der Waals surface area contributed by atoms with E-state index in [-0.39, 0.29) is 0 Å². The summed E-state index contributed by atoms with van der Waals surface area (Å²) in [5, 5.41) is 13.5. The molecule has 0 aromatic carbocycles. The summed E-state index contributed by atoms with van der Waals surface area (Å²) in [5.74, 6) is 0. The molecule has 3 nitrogen and oxygen atoms in total. The standard InChI is InChI=1S/C15H32N2O/c1-5-7-14(3,12-16-6-2)13-17-10-8-15(4,18)9-11-17/h16,18H,5-13H2,1-4H3. The van der Waals surface area contributed by atoms with Gasteiger partial charge < -0.3 is 15.3 Å². The molecule has 0 radical (unpaired) electrons. The molecule has 1 atom stereocenters. The Morgan fingerprint density at radius 1 is 1.28 bits per heavy atom. The van der Waals surface area contributed by atoms with Gasteiger partial charge in [-0.25, -0.2) is 0 Å². The summed E-state index contributed by atoms with van der Waals surface area (Å²) in [4.78, 5) is 2.53. The Balaban J connectivity index is 2.46. The van der Waals surface area contributed by atoms with Crippen molar-refractivity contribution in [1.29, 1.82) is 0 Å². The minimum Gasteiger partial charge on any atom is -0.390 e. The van der Waals surface area contributed by atoms with Crippen molar-refractivity contribution in [2.45, 2.75) is 59.0 Å². The number of nitrogens with zero attached hydrogens (tertiary/aromatic N) is 1. The average Bonchev–Trinajstić information content (AvgIpc) is 2.30. The predicted molar refractivity (Wildman–Crippen MR) is 77.9 cm³/mol. The highest BCUT2D eigenvalue weighted by Gasteiger charge is 2.31. The van der Waals surface area contributed by atoms with Gasteiger partial charge in [0.15, 0.2) is 0 Å². The van der Waals surface area contributed by atoms with Crippen LogP contribution in [0, 0.1) is 5.41 Å². The van der Waals surface area contributed by atoms with Crippen LogP contribution in [0.15, 0.2) is 0 Å². The van der Waals surface area contributed by atoms with Gasteiger partial charge in [-0.3, -0.25) is 0 Å². The second kappa shape index (κ2) is 6.88. The lowest BCUT2D eigenvalue weighted by atomic mass is 9.83. The smallest absolute Gasteiger partial charge is 0.0644 e. The van der Waals surface area contributed by atoms with Crippen LogP contribution >= 0.6 is 0 Å². The fraction of sp³-hybridized carbons (Fsp3) is 1.00. The highest BCUT2D eigenvalue weighted by Crippen LogP contribution is 2.28. The Hall–Kier alpha value is -0.120. The van der Waals surface area contributed by atoms with Crippen molar-refractivity contribution < 1.29 is 5.11 Å². The van der Waals surface area contributed by atoms with Crippen LogP contribution in [-0.2, 0) is 0 Å². The fourth-order valence-corrected chi connectivity index (χ4v) is 2.99. The van der Waals surface area contributed by atoms with E-state index < -0.39 is 5.60 Å². The quantitative estimate of drug-likeness (QED) is 0.733. The van der Waals surface area contributed by atoms with Crippen molar-refractivity contribution in [3.8, 4) is 0 Å². The lowest BCUT2D eigenvalue weighted by Gasteiger charge is -2.41. The average molecular weight is 256 g/mol. The van der Waals surface area contributed by atoms with Crippen molar-refractivity contribution in [1.82, 2.24) is 10.2 Å². The third kappa shape index (κ3) is 5.25. The second-order valence-electron chi connectivity index (χ2n) is 6.61. The van der Waals surface area contributed by atoms with Crippen LogP contribution in [0.2, 0.25) is 0 Å². The number of rotatable bonds is 7. The molecule has 3 heteroatoms. The summed E-state index contributed by atoms with van der Waals surface area (Å²) in [7, 11) is 0. The van der Waals surface area contributed by atoms with Gasteiger partial charge >= 0.3 is 0 Å². The SMILES string of the molecule is CCCC(C)(CNCC)CN1CCC(C)(O)CC1. The van der Waals surface area contributed by atoms with Gasteiger partial charge in [0.2, 0.25) is 0 Å². The van der Waals surface area contributed by atoms with E-state index in [4.69, 9.17) is 0 Å². The maximum absolute atomic E-state index is 10.00. The molecule has 18 heavy (non-hydrogen) atoms. The first-order chi connectivity index (χ1) is 8.41. The minimum absolute atomic E-state index is 0.369. The molecule has 1 heterocycles. The topological polar surface area (TPSA) is 35.5 Å². The van der Waals surface area contributed by atoms with E-state index in [1.54, 1.807) is 0 Å². The van der Waals surface area contributed by atoms with E-state index in [0.717, 1.165) is 45.6 Å². The number of likely N-dealkylation sites (tertiary alicyclic amines) is 1. The third-order valence-corrected chi connectivity index (χ3v) is 4.19. The fourth-order valence-electron chi connectivity index (χ4n) is 2.99. The van der Waals surface area contributed by atoms with E-state index in [1.807, 2.05) is 6.92 Å². The van der Waals surface area contributed by atoms with Crippen molar-refractivity contribution in [2.24, 2.45) is 5.41 Å². The van der Waals surface area contributed by atoms with E-state index >= 15 is 0 Å². The van der Waals surface area contributed by atoms with Crippen LogP contribution in [-0.4, -0.2) is 48.3 Å². The van der Waals surface area contributed by atoms with E-state index in [0.29, 0.717) is 5.41 Å². The van der Waals surface area contributed by atoms with Crippen LogP contribution < -0.4 is 5.32 Å². The van der Waals surface area contributed by atoms with Crippen molar-refractivity contribution in [3.63, 3.8) is 0 Å². The molecule has 0 aromatic rings. The predicted octanol–water partition coefficient (Wildman–Crippen LogP) is 2.25. The summed E-state index contributed by atoms with van der Waals surface area (Å²) in [6.07, 6.45) is 4.34. The monoisotopic (exact) mass is 256 g/mol. The van der Waals surface area contributed by atoms with E-state index in [1.165, 1.54) is 12.8 Å². The zero-order chi connectivity index (χ0) is 13.6. The molecule has 2 N–H and O–H groups in total. The Bertz CT molecular complexity index is 233. The first kappa shape index (κ1) is 15.9. The molecular formula is C15H32N2O. The number of hydrogen-bond donors (Lipinski definition) is 2. The zero-order valence-electron chi connectivity index (χ0n) is 12.8. The summed E-state index contributed by atoms with van der Waals surface area (Å²) < 4.78 is 0. The molecule has 1 fully saturated rings. The highest BCUT2D eigenvalue weighted by molar-refractivity contribution is 4.86. The van der Waals surface area contributed by atoms with Crippen LogP contribution in [0.25, 0.3) is 0 Å². The Morgan fingerprint density at radius 3 is 2.39 bits per heavy atom. The third-order valence-electron chi connectivity index (χ3n) is 4.19. The zero-order valence-corrected chi connectivity index (χ0v) is 12.8. The van der Waals surface area contributed by atoms with Gasteiger partial charge in [-0.1, -0.05) is 27.2 Å². The molecule has 0 amide bonds. The van der Waals surface area contributed by atoms with E-state index in [9.17, 15) is 5.11 Å². The molecular weight excluding hydrogens is 224 g/mol. The molecule has 0 bridgehead atoms. The molecule has 1 aliphatic rings. The van der Waals surface area contributed by atoms with E-state index in [2.05, 4.69) is 31.0 Å². The lowest BCUT2D eigenvalue weighted by Crippen LogP contribution is -2.48. The minimum atomic E-state index is -0.431. The lowest BCUT2D eigenvalue weighted by molar-refractivity contribution is -0.0153. The maximum Gasteiger partial charge on any atom is 0.0644 e. The van der Waals surface area contributed by atoms with Crippen LogP contribution in [0.3, 0.4) is 0 Å². The van der Waals surface area contributed by atoms with Gasteiger partial charge in [0.25, 0.3) is 0 Å². The van der Waals surface area contributed by atoms with Gasteiger partial charge in [0.1, 0.15) is 0 Å². The maximum atomic E-state index is 10.00. The molecule has 0 aliphatic carbocycles. The number of nitrogens with one attached hydrogen (secondary N) is 1. The molecule has 1 aliphatic heterocycles. The van der Waals surface area contributed by atoms with Crippen LogP contribution in [0.1, 0.15) is 53.4 Å². The Morgan fingerprint density at radius 2 is 1.89 bits per heavy atom. The van der Waals surface area contributed by atoms with Crippen LogP contribution in [0.5, 0.6) is 0 Å². The normalized spacial score (nSPS) is 23.8. The first-order valence-electron chi connectivity index (χ1n) is 7.56. The summed E-state index contributed by atoms with van der Waals surface area (Å²) in [5.41, 5.74) is -0.0622. The van der Waals surface area contributed by atoms with Gasteiger partial charge in [-0.05, 0) is 38.1 Å². The molecule has 1 unspecified atom stereocenters. The summed E-state index contributed by atoms with van der Waals surface area (Å²) >= 11 is 0. The van der Waals surface area contributed by atoms with Gasteiger partial charge in [-0.15, -0.1) is 0 Å². The number of aliphatic hydroxyl groups is 1. The molecule has 0 aromatic heterocycles. The van der Waals surface area contributed by atoms with Gasteiger partial charge in [0, 0.05) is 26.2 Å². The largest absolute Gasteiger partial charge is 0.390 e. The Labute approximate surface area is 113 Å². The summed E-state index contributed by atoms with van der Waals surface area (Å²) in [6, 6.07) is 0.